The van der Waals surface area contributed by atoms with Crippen LogP contribution in [0.4, 0.5) is 5.82 Å². The maximum Gasteiger partial charge on any atom is 0.242 e. The quantitative estimate of drug-likeness (QED) is 0.898. The molecule has 1 amide bonds. The number of halogens is 1. The predicted molar refractivity (Wildman–Crippen MR) is 68.1 cm³/mol. The normalized spacial score (nSPS) is 18.0. The van der Waals surface area contributed by atoms with Gasteiger partial charge in [-0.3, -0.25) is 9.69 Å². The van der Waals surface area contributed by atoms with E-state index >= 15 is 0 Å². The maximum absolute atomic E-state index is 12.0. The summed E-state index contributed by atoms with van der Waals surface area (Å²) in [6.45, 7) is 3.93. The largest absolute Gasteiger partial charge is 0.309 e. The molecule has 1 aromatic rings. The van der Waals surface area contributed by atoms with Crippen LogP contribution in [0.2, 0.25) is 5.02 Å². The molecule has 2 rings (SSSR count). The zero-order chi connectivity index (χ0) is 12.3. The summed E-state index contributed by atoms with van der Waals surface area (Å²) in [5.74, 6) is 0.534. The fourth-order valence-electron chi connectivity index (χ4n) is 1.98. The Bertz CT molecular complexity index is 387. The van der Waals surface area contributed by atoms with Gasteiger partial charge >= 0.3 is 0 Å². The van der Waals surface area contributed by atoms with Crippen molar-refractivity contribution in [1.29, 1.82) is 0 Å². The summed E-state index contributed by atoms with van der Waals surface area (Å²) in [4.78, 5) is 18.2. The lowest BCUT2D eigenvalue weighted by molar-refractivity contribution is -0.120. The highest BCUT2D eigenvalue weighted by atomic mass is 35.5. The minimum absolute atomic E-state index is 0.0123. The number of carbonyl (C=O) groups excluding carboxylic acids is 1. The van der Waals surface area contributed by atoms with Crippen molar-refractivity contribution in [3.05, 3.63) is 23.4 Å². The molecule has 1 aromatic heterocycles. The van der Waals surface area contributed by atoms with Crippen LogP contribution in [0, 0.1) is 0 Å². The van der Waals surface area contributed by atoms with Crippen LogP contribution in [0.1, 0.15) is 19.8 Å². The first kappa shape index (κ1) is 12.3. The molecule has 0 spiro atoms. The van der Waals surface area contributed by atoms with Gasteiger partial charge in [-0.15, -0.1) is 0 Å². The van der Waals surface area contributed by atoms with Gasteiger partial charge in [-0.05, 0) is 45.0 Å². The van der Waals surface area contributed by atoms with E-state index in [4.69, 9.17) is 11.6 Å². The molecule has 0 radical (unpaired) electrons. The van der Waals surface area contributed by atoms with E-state index in [1.165, 1.54) is 19.0 Å². The molecule has 92 valence electrons. The van der Waals surface area contributed by atoms with Crippen molar-refractivity contribution in [2.75, 3.05) is 18.4 Å². The first-order valence-electron chi connectivity index (χ1n) is 5.83. The molecular formula is C12H16ClN3O. The van der Waals surface area contributed by atoms with Crippen molar-refractivity contribution in [1.82, 2.24) is 9.88 Å². The van der Waals surface area contributed by atoms with Gasteiger partial charge in [0.15, 0.2) is 0 Å². The van der Waals surface area contributed by atoms with Crippen LogP contribution < -0.4 is 5.32 Å². The lowest BCUT2D eigenvalue weighted by Crippen LogP contribution is -2.40. The first-order chi connectivity index (χ1) is 8.16. The molecule has 4 nitrogen and oxygen atoms in total. The number of nitrogens with one attached hydrogen (secondary N) is 1. The standard InChI is InChI=1S/C12H16ClN3O/c1-9(16-6-2-3-7-16)12(17)15-11-5-4-10(13)8-14-11/h4-5,8-9H,2-3,6-7H2,1H3,(H,14,15,17). The summed E-state index contributed by atoms with van der Waals surface area (Å²) in [5.41, 5.74) is 0. The summed E-state index contributed by atoms with van der Waals surface area (Å²) in [7, 11) is 0. The second kappa shape index (κ2) is 5.47. The third-order valence-electron chi connectivity index (χ3n) is 3.05. The van der Waals surface area contributed by atoms with Crippen LogP contribution in [-0.2, 0) is 4.79 Å². The Morgan fingerprint density at radius 1 is 1.47 bits per heavy atom. The van der Waals surface area contributed by atoms with Crippen molar-refractivity contribution in [2.45, 2.75) is 25.8 Å². The third-order valence-corrected chi connectivity index (χ3v) is 3.27. The Morgan fingerprint density at radius 3 is 2.76 bits per heavy atom. The fraction of sp³-hybridized carbons (Fsp3) is 0.500. The van der Waals surface area contributed by atoms with Crippen molar-refractivity contribution < 1.29 is 4.79 Å². The van der Waals surface area contributed by atoms with E-state index in [1.54, 1.807) is 12.1 Å². The zero-order valence-electron chi connectivity index (χ0n) is 9.82. The van der Waals surface area contributed by atoms with Gasteiger partial charge in [-0.25, -0.2) is 4.98 Å². The number of hydrogen-bond acceptors (Lipinski definition) is 3. The van der Waals surface area contributed by atoms with E-state index < -0.39 is 0 Å². The number of anilines is 1. The van der Waals surface area contributed by atoms with E-state index in [0.29, 0.717) is 10.8 Å². The van der Waals surface area contributed by atoms with Gasteiger partial charge < -0.3 is 5.32 Å². The second-order valence-corrected chi connectivity index (χ2v) is 4.71. The molecular weight excluding hydrogens is 238 g/mol. The Morgan fingerprint density at radius 2 is 2.18 bits per heavy atom. The van der Waals surface area contributed by atoms with E-state index in [9.17, 15) is 4.79 Å². The van der Waals surface area contributed by atoms with E-state index in [0.717, 1.165) is 13.1 Å². The topological polar surface area (TPSA) is 45.2 Å². The van der Waals surface area contributed by atoms with Crippen molar-refractivity contribution in [3.8, 4) is 0 Å². The molecule has 2 heterocycles. The average Bonchev–Trinajstić information content (AvgIpc) is 2.84. The van der Waals surface area contributed by atoms with Gasteiger partial charge in [-0.2, -0.15) is 0 Å². The molecule has 0 saturated carbocycles. The summed E-state index contributed by atoms with van der Waals surface area (Å²) in [5, 5.41) is 3.36. The molecule has 1 unspecified atom stereocenters. The summed E-state index contributed by atoms with van der Waals surface area (Å²) in [6, 6.07) is 3.32. The Labute approximate surface area is 106 Å². The van der Waals surface area contributed by atoms with Crippen LogP contribution in [0.3, 0.4) is 0 Å². The molecule has 1 saturated heterocycles. The van der Waals surface area contributed by atoms with Gasteiger partial charge in [0.25, 0.3) is 0 Å². The summed E-state index contributed by atoms with van der Waals surface area (Å²) >= 11 is 5.73. The van der Waals surface area contributed by atoms with Crippen molar-refractivity contribution in [2.24, 2.45) is 0 Å². The SMILES string of the molecule is CC(C(=O)Nc1ccc(Cl)cn1)N1CCCC1. The molecule has 17 heavy (non-hydrogen) atoms. The molecule has 0 aliphatic carbocycles. The molecule has 0 bridgehead atoms. The van der Waals surface area contributed by atoms with Gasteiger partial charge in [-0.1, -0.05) is 11.6 Å². The first-order valence-corrected chi connectivity index (χ1v) is 6.21. The number of amides is 1. The second-order valence-electron chi connectivity index (χ2n) is 4.27. The van der Waals surface area contributed by atoms with E-state index in [2.05, 4.69) is 15.2 Å². The number of likely N-dealkylation sites (tertiary alicyclic amines) is 1. The van der Waals surface area contributed by atoms with Gasteiger partial charge in [0.2, 0.25) is 5.91 Å². The van der Waals surface area contributed by atoms with Crippen LogP contribution in [0.25, 0.3) is 0 Å². The Kier molecular flexibility index (Phi) is 3.97. The predicted octanol–water partition coefficient (Wildman–Crippen LogP) is 2.16. The molecule has 1 fully saturated rings. The smallest absolute Gasteiger partial charge is 0.242 e. The van der Waals surface area contributed by atoms with Crippen molar-refractivity contribution in [3.63, 3.8) is 0 Å². The highest BCUT2D eigenvalue weighted by Gasteiger charge is 2.23. The molecule has 0 aromatic carbocycles. The third kappa shape index (κ3) is 3.17. The minimum atomic E-state index is -0.102. The lowest BCUT2D eigenvalue weighted by atomic mass is 10.3. The summed E-state index contributed by atoms with van der Waals surface area (Å²) < 4.78 is 0. The Hall–Kier alpha value is -1.13. The van der Waals surface area contributed by atoms with Gasteiger partial charge in [0.1, 0.15) is 5.82 Å². The Balaban J connectivity index is 1.93. The van der Waals surface area contributed by atoms with Gasteiger partial charge in [0.05, 0.1) is 11.1 Å². The van der Waals surface area contributed by atoms with Crippen LogP contribution in [0.5, 0.6) is 0 Å². The number of rotatable bonds is 3. The van der Waals surface area contributed by atoms with E-state index in [-0.39, 0.29) is 11.9 Å². The van der Waals surface area contributed by atoms with Gasteiger partial charge in [0, 0.05) is 6.20 Å². The van der Waals surface area contributed by atoms with Crippen molar-refractivity contribution >= 4 is 23.3 Å². The monoisotopic (exact) mass is 253 g/mol. The number of pyridine rings is 1. The minimum Gasteiger partial charge on any atom is -0.309 e. The molecule has 1 atom stereocenters. The molecule has 1 aliphatic heterocycles. The van der Waals surface area contributed by atoms with Crippen LogP contribution >= 0.6 is 11.6 Å². The number of carbonyl (C=O) groups is 1. The molecule has 5 heteroatoms. The number of aromatic nitrogens is 1. The highest BCUT2D eigenvalue weighted by Crippen LogP contribution is 2.14. The number of hydrogen-bond donors (Lipinski definition) is 1. The highest BCUT2D eigenvalue weighted by molar-refractivity contribution is 6.30. The average molecular weight is 254 g/mol. The maximum atomic E-state index is 12.0. The fourth-order valence-corrected chi connectivity index (χ4v) is 2.09. The lowest BCUT2D eigenvalue weighted by Gasteiger charge is -2.22. The zero-order valence-corrected chi connectivity index (χ0v) is 10.6. The van der Waals surface area contributed by atoms with E-state index in [1.807, 2.05) is 6.92 Å². The number of nitrogens with zero attached hydrogens (tertiary/aromatic N) is 2. The molecule has 1 N–H and O–H groups in total. The van der Waals surface area contributed by atoms with Crippen LogP contribution in [0.15, 0.2) is 18.3 Å². The summed E-state index contributed by atoms with van der Waals surface area (Å²) in [6.07, 6.45) is 3.88. The molecule has 1 aliphatic rings. The van der Waals surface area contributed by atoms with Crippen LogP contribution in [-0.4, -0.2) is 34.9 Å².